The van der Waals surface area contributed by atoms with Gasteiger partial charge < -0.3 is 9.64 Å². The van der Waals surface area contributed by atoms with Crippen molar-refractivity contribution >= 4 is 22.4 Å². The van der Waals surface area contributed by atoms with Gasteiger partial charge in [-0.25, -0.2) is 0 Å². The highest BCUT2D eigenvalue weighted by Gasteiger charge is 2.29. The third-order valence-corrected chi connectivity index (χ3v) is 4.60. The molecule has 2 atom stereocenters. The number of benzene rings is 2. The molecule has 1 saturated heterocycles. The van der Waals surface area contributed by atoms with Crippen molar-refractivity contribution in [2.45, 2.75) is 26.4 Å². The third kappa shape index (κ3) is 3.00. The number of esters is 1. The van der Waals surface area contributed by atoms with Crippen LogP contribution in [0.3, 0.4) is 0 Å². The molecule has 0 aromatic heterocycles. The van der Waals surface area contributed by atoms with Crippen LogP contribution in [0.1, 0.15) is 25.8 Å². The zero-order chi connectivity index (χ0) is 16.4. The molecule has 2 aromatic carbocycles. The number of hydrogen-bond acceptors (Lipinski definition) is 4. The first-order valence-electron chi connectivity index (χ1n) is 7.94. The molecule has 0 radical (unpaired) electrons. The van der Waals surface area contributed by atoms with Gasteiger partial charge in [0.15, 0.2) is 0 Å². The van der Waals surface area contributed by atoms with Crippen molar-refractivity contribution in [1.82, 2.24) is 0 Å². The highest BCUT2D eigenvalue weighted by atomic mass is 16.5. The average Bonchev–Trinajstić information content (AvgIpc) is 3.03. The number of nitriles is 1. The van der Waals surface area contributed by atoms with Gasteiger partial charge in [-0.3, -0.25) is 4.79 Å². The highest BCUT2D eigenvalue weighted by Crippen LogP contribution is 2.33. The molecule has 23 heavy (non-hydrogen) atoms. The molecule has 0 bridgehead atoms. The van der Waals surface area contributed by atoms with Crippen LogP contribution >= 0.6 is 0 Å². The van der Waals surface area contributed by atoms with Gasteiger partial charge in [0.1, 0.15) is 6.10 Å². The van der Waals surface area contributed by atoms with Gasteiger partial charge in [-0.1, -0.05) is 24.3 Å². The molecule has 1 fully saturated rings. The van der Waals surface area contributed by atoms with Crippen LogP contribution in [-0.4, -0.2) is 25.2 Å². The van der Waals surface area contributed by atoms with E-state index in [0.717, 1.165) is 36.0 Å². The Morgan fingerprint density at radius 2 is 2.04 bits per heavy atom. The second kappa shape index (κ2) is 6.29. The lowest BCUT2D eigenvalue weighted by Crippen LogP contribution is -2.27. The van der Waals surface area contributed by atoms with Crippen LogP contribution in [-0.2, 0) is 9.53 Å². The van der Waals surface area contributed by atoms with Crippen molar-refractivity contribution in [3.8, 4) is 6.07 Å². The molecule has 3 rings (SSSR count). The molecule has 0 aliphatic carbocycles. The maximum Gasteiger partial charge on any atom is 0.302 e. The van der Waals surface area contributed by atoms with Crippen LogP contribution in [0.15, 0.2) is 36.4 Å². The molecule has 118 valence electrons. The molecule has 2 aromatic rings. The highest BCUT2D eigenvalue weighted by molar-refractivity contribution is 5.97. The minimum absolute atomic E-state index is 0.0675. The predicted octanol–water partition coefficient (Wildman–Crippen LogP) is 3.49. The van der Waals surface area contributed by atoms with E-state index in [1.54, 1.807) is 0 Å². The summed E-state index contributed by atoms with van der Waals surface area (Å²) in [6.07, 6.45) is 0.935. The second-order valence-electron chi connectivity index (χ2n) is 6.10. The molecule has 4 heteroatoms. The molecule has 1 aliphatic heterocycles. The van der Waals surface area contributed by atoms with Crippen LogP contribution in [0, 0.1) is 17.2 Å². The van der Waals surface area contributed by atoms with E-state index >= 15 is 0 Å². The van der Waals surface area contributed by atoms with Gasteiger partial charge in [0.25, 0.3) is 0 Å². The quantitative estimate of drug-likeness (QED) is 0.815. The maximum absolute atomic E-state index is 11.1. The summed E-state index contributed by atoms with van der Waals surface area (Å²) >= 11 is 0. The van der Waals surface area contributed by atoms with Crippen molar-refractivity contribution < 1.29 is 9.53 Å². The number of carbonyl (C=O) groups is 1. The average molecular weight is 308 g/mol. The summed E-state index contributed by atoms with van der Waals surface area (Å²) in [7, 11) is 0. The molecule has 0 spiro atoms. The summed E-state index contributed by atoms with van der Waals surface area (Å²) in [5, 5.41) is 11.4. The number of nitrogens with zero attached hydrogens (tertiary/aromatic N) is 2. The van der Waals surface area contributed by atoms with Crippen molar-refractivity contribution in [1.29, 1.82) is 5.26 Å². The minimum Gasteiger partial charge on any atom is -0.462 e. The Morgan fingerprint density at radius 1 is 1.30 bits per heavy atom. The molecular formula is C19H20N2O2. The number of anilines is 1. The topological polar surface area (TPSA) is 53.3 Å². The fourth-order valence-corrected chi connectivity index (χ4v) is 3.40. The lowest BCUT2D eigenvalue weighted by Gasteiger charge is -2.23. The van der Waals surface area contributed by atoms with E-state index in [-0.39, 0.29) is 12.1 Å². The van der Waals surface area contributed by atoms with Crippen molar-refractivity contribution in [3.63, 3.8) is 0 Å². The molecule has 1 heterocycles. The van der Waals surface area contributed by atoms with Gasteiger partial charge >= 0.3 is 5.97 Å². The molecule has 0 N–H and O–H groups in total. The minimum atomic E-state index is -0.222. The first-order chi connectivity index (χ1) is 11.1. The maximum atomic E-state index is 11.1. The standard InChI is InChI=1S/C19H20N2O2/c1-13(23-14(2)22)16-9-10-21(12-16)19-8-7-15(11-20)17-5-3-4-6-18(17)19/h3-8,13,16H,9-10,12H2,1-2H3. The number of fused-ring (bicyclic) bond motifs is 1. The summed E-state index contributed by atoms with van der Waals surface area (Å²) in [6.45, 7) is 5.22. The van der Waals surface area contributed by atoms with E-state index in [9.17, 15) is 10.1 Å². The van der Waals surface area contributed by atoms with Crippen LogP contribution in [0.2, 0.25) is 0 Å². The number of rotatable bonds is 3. The number of carbonyl (C=O) groups excluding carboxylic acids is 1. The Morgan fingerprint density at radius 3 is 2.74 bits per heavy atom. The van der Waals surface area contributed by atoms with Gasteiger partial charge in [-0.2, -0.15) is 5.26 Å². The van der Waals surface area contributed by atoms with E-state index in [4.69, 9.17) is 4.74 Å². The normalized spacial score (nSPS) is 18.7. The van der Waals surface area contributed by atoms with Crippen LogP contribution < -0.4 is 4.90 Å². The van der Waals surface area contributed by atoms with E-state index in [1.807, 2.05) is 37.3 Å². The van der Waals surface area contributed by atoms with Gasteiger partial charge in [0.05, 0.1) is 11.6 Å². The molecule has 0 amide bonds. The lowest BCUT2D eigenvalue weighted by atomic mass is 10.0. The largest absolute Gasteiger partial charge is 0.462 e. The first-order valence-corrected chi connectivity index (χ1v) is 7.94. The van der Waals surface area contributed by atoms with Crippen molar-refractivity contribution in [2.75, 3.05) is 18.0 Å². The monoisotopic (exact) mass is 308 g/mol. The fourth-order valence-electron chi connectivity index (χ4n) is 3.40. The smallest absolute Gasteiger partial charge is 0.302 e. The molecule has 4 nitrogen and oxygen atoms in total. The zero-order valence-corrected chi connectivity index (χ0v) is 13.5. The summed E-state index contributed by atoms with van der Waals surface area (Å²) in [4.78, 5) is 13.5. The predicted molar refractivity (Wildman–Crippen MR) is 90.2 cm³/mol. The van der Waals surface area contributed by atoms with Crippen molar-refractivity contribution in [3.05, 3.63) is 42.0 Å². The second-order valence-corrected chi connectivity index (χ2v) is 6.10. The van der Waals surface area contributed by atoms with Gasteiger partial charge in [0, 0.05) is 42.4 Å². The zero-order valence-electron chi connectivity index (χ0n) is 13.5. The van der Waals surface area contributed by atoms with E-state index in [0.29, 0.717) is 11.5 Å². The SMILES string of the molecule is CC(=O)OC(C)C1CCN(c2ccc(C#N)c3ccccc23)C1. The molecular weight excluding hydrogens is 288 g/mol. The Kier molecular flexibility index (Phi) is 4.20. The fraction of sp³-hybridized carbons (Fsp3) is 0.368. The van der Waals surface area contributed by atoms with Crippen LogP contribution in [0.4, 0.5) is 5.69 Å². The van der Waals surface area contributed by atoms with Crippen LogP contribution in [0.5, 0.6) is 0 Å². The molecule has 1 aliphatic rings. The van der Waals surface area contributed by atoms with Gasteiger partial charge in [0.2, 0.25) is 0 Å². The third-order valence-electron chi connectivity index (χ3n) is 4.60. The summed E-state index contributed by atoms with van der Waals surface area (Å²) in [6, 6.07) is 14.2. The molecule has 2 unspecified atom stereocenters. The number of ether oxygens (including phenoxy) is 1. The Balaban J connectivity index is 1.88. The van der Waals surface area contributed by atoms with Crippen molar-refractivity contribution in [2.24, 2.45) is 5.92 Å². The first kappa shape index (κ1) is 15.4. The van der Waals surface area contributed by atoms with E-state index in [1.165, 1.54) is 6.92 Å². The van der Waals surface area contributed by atoms with Crippen LogP contribution in [0.25, 0.3) is 10.8 Å². The summed E-state index contributed by atoms with van der Waals surface area (Å²) in [5.74, 6) is 0.119. The van der Waals surface area contributed by atoms with Gasteiger partial charge in [-0.15, -0.1) is 0 Å². The lowest BCUT2D eigenvalue weighted by molar-refractivity contribution is -0.147. The molecule has 0 saturated carbocycles. The Bertz CT molecular complexity index is 779. The summed E-state index contributed by atoms with van der Waals surface area (Å²) < 4.78 is 5.33. The van der Waals surface area contributed by atoms with Gasteiger partial charge in [-0.05, 0) is 25.5 Å². The van der Waals surface area contributed by atoms with E-state index < -0.39 is 0 Å². The summed E-state index contributed by atoms with van der Waals surface area (Å²) in [5.41, 5.74) is 1.85. The van der Waals surface area contributed by atoms with E-state index in [2.05, 4.69) is 17.0 Å². The number of hydrogen-bond donors (Lipinski definition) is 0. The Hall–Kier alpha value is -2.54. The Labute approximate surface area is 136 Å².